The van der Waals surface area contributed by atoms with E-state index in [4.69, 9.17) is 11.6 Å². The summed E-state index contributed by atoms with van der Waals surface area (Å²) in [4.78, 5) is 0. The van der Waals surface area contributed by atoms with Gasteiger partial charge in [0.2, 0.25) is 5.75 Å². The summed E-state index contributed by atoms with van der Waals surface area (Å²) in [6, 6.07) is 8.19. The molecule has 2 rings (SSSR count). The molecule has 0 bridgehead atoms. The normalized spacial score (nSPS) is 10.4. The Morgan fingerprint density at radius 2 is 1.79 bits per heavy atom. The number of aromatic hydroxyl groups is 3. The fourth-order valence-electron chi connectivity index (χ4n) is 1.58. The molecule has 0 saturated carbocycles. The van der Waals surface area contributed by atoms with Crippen LogP contribution >= 0.6 is 27.5 Å². The molecular weight excluding hydrogens is 334 g/mol. The minimum atomic E-state index is -0.528. The molecule has 100 valence electrons. The SMILES string of the molecule is Oc1ccc(CNc2cc(Br)ccc2Cl)c(O)c1O. The molecule has 0 aromatic heterocycles. The Hall–Kier alpha value is -1.59. The van der Waals surface area contributed by atoms with Gasteiger partial charge in [0.05, 0.1) is 10.7 Å². The number of hydrogen-bond acceptors (Lipinski definition) is 4. The van der Waals surface area contributed by atoms with Crippen LogP contribution in [0.4, 0.5) is 5.69 Å². The van der Waals surface area contributed by atoms with Crippen LogP contribution in [0, 0.1) is 0 Å². The molecule has 0 aliphatic rings. The lowest BCUT2D eigenvalue weighted by atomic mass is 10.1. The maximum absolute atomic E-state index is 9.69. The second kappa shape index (κ2) is 5.59. The second-order valence-corrected chi connectivity index (χ2v) is 5.24. The van der Waals surface area contributed by atoms with Crippen molar-refractivity contribution in [2.75, 3.05) is 5.32 Å². The molecule has 2 aromatic rings. The molecule has 6 heteroatoms. The van der Waals surface area contributed by atoms with Crippen LogP contribution in [0.3, 0.4) is 0 Å². The molecule has 0 aliphatic carbocycles. The Labute approximate surface area is 123 Å². The first-order valence-corrected chi connectivity index (χ1v) is 6.58. The van der Waals surface area contributed by atoms with E-state index >= 15 is 0 Å². The highest BCUT2D eigenvalue weighted by atomic mass is 79.9. The van der Waals surface area contributed by atoms with E-state index in [1.54, 1.807) is 12.1 Å². The first-order chi connectivity index (χ1) is 8.99. The maximum Gasteiger partial charge on any atom is 0.200 e. The molecule has 0 saturated heterocycles. The minimum Gasteiger partial charge on any atom is -0.504 e. The Kier molecular flexibility index (Phi) is 4.07. The van der Waals surface area contributed by atoms with Gasteiger partial charge >= 0.3 is 0 Å². The van der Waals surface area contributed by atoms with Crippen LogP contribution in [0.25, 0.3) is 0 Å². The standard InChI is InChI=1S/C13H11BrClNO3/c14-8-2-3-9(15)10(5-8)16-6-7-1-4-11(17)13(19)12(7)18/h1-5,16-19H,6H2. The van der Waals surface area contributed by atoms with Gasteiger partial charge in [0.1, 0.15) is 0 Å². The molecule has 4 N–H and O–H groups in total. The van der Waals surface area contributed by atoms with E-state index in [0.717, 1.165) is 4.47 Å². The van der Waals surface area contributed by atoms with Crippen molar-refractivity contribution in [1.29, 1.82) is 0 Å². The summed E-state index contributed by atoms with van der Waals surface area (Å²) in [5.74, 6) is -1.24. The van der Waals surface area contributed by atoms with Crippen LogP contribution in [0.1, 0.15) is 5.56 Å². The van der Waals surface area contributed by atoms with E-state index in [-0.39, 0.29) is 18.0 Å². The number of nitrogens with one attached hydrogen (secondary N) is 1. The number of halogens is 2. The van der Waals surface area contributed by atoms with Crippen LogP contribution in [0.15, 0.2) is 34.8 Å². The molecular formula is C13H11BrClNO3. The average Bonchev–Trinajstić information content (AvgIpc) is 2.39. The first-order valence-electron chi connectivity index (χ1n) is 5.40. The van der Waals surface area contributed by atoms with Crippen LogP contribution in [0.2, 0.25) is 5.02 Å². The van der Waals surface area contributed by atoms with Gasteiger partial charge in [-0.15, -0.1) is 0 Å². The maximum atomic E-state index is 9.69. The fraction of sp³-hybridized carbons (Fsp3) is 0.0769. The Morgan fingerprint density at radius 1 is 1.05 bits per heavy atom. The molecule has 0 fully saturated rings. The smallest absolute Gasteiger partial charge is 0.200 e. The van der Waals surface area contributed by atoms with Crippen molar-refractivity contribution < 1.29 is 15.3 Å². The van der Waals surface area contributed by atoms with Gasteiger partial charge < -0.3 is 20.6 Å². The number of rotatable bonds is 3. The third-order valence-corrected chi connectivity index (χ3v) is 3.43. The summed E-state index contributed by atoms with van der Waals surface area (Å²) in [7, 11) is 0. The molecule has 19 heavy (non-hydrogen) atoms. The largest absolute Gasteiger partial charge is 0.504 e. The summed E-state index contributed by atoms with van der Waals surface area (Å²) in [5, 5.41) is 31.9. The summed E-state index contributed by atoms with van der Waals surface area (Å²) >= 11 is 9.36. The monoisotopic (exact) mass is 343 g/mol. The van der Waals surface area contributed by atoms with Gasteiger partial charge in [-0.1, -0.05) is 27.5 Å². The van der Waals surface area contributed by atoms with E-state index in [9.17, 15) is 15.3 Å². The molecule has 0 radical (unpaired) electrons. The van der Waals surface area contributed by atoms with Crippen LogP contribution in [-0.4, -0.2) is 15.3 Å². The van der Waals surface area contributed by atoms with Gasteiger partial charge in [-0.3, -0.25) is 0 Å². The van der Waals surface area contributed by atoms with Gasteiger partial charge in [-0.2, -0.15) is 0 Å². The lowest BCUT2D eigenvalue weighted by molar-refractivity contribution is 0.365. The summed E-state index contributed by atoms with van der Waals surface area (Å²) in [6.45, 7) is 0.260. The van der Waals surface area contributed by atoms with Crippen molar-refractivity contribution in [2.24, 2.45) is 0 Å². The second-order valence-electron chi connectivity index (χ2n) is 3.92. The predicted molar refractivity (Wildman–Crippen MR) is 77.9 cm³/mol. The van der Waals surface area contributed by atoms with Crippen LogP contribution < -0.4 is 5.32 Å². The fourth-order valence-corrected chi connectivity index (χ4v) is 2.12. The van der Waals surface area contributed by atoms with Gasteiger partial charge in [0.15, 0.2) is 11.5 Å². The lowest BCUT2D eigenvalue weighted by Crippen LogP contribution is -2.00. The number of phenols is 3. The molecule has 0 spiro atoms. The van der Waals surface area contributed by atoms with Crippen LogP contribution in [-0.2, 0) is 6.54 Å². The number of hydrogen-bond donors (Lipinski definition) is 4. The van der Waals surface area contributed by atoms with Gasteiger partial charge in [-0.25, -0.2) is 0 Å². The number of anilines is 1. The zero-order valence-corrected chi connectivity index (χ0v) is 12.0. The van der Waals surface area contributed by atoms with Gasteiger partial charge in [0.25, 0.3) is 0 Å². The summed E-state index contributed by atoms with van der Waals surface area (Å²) in [5.41, 5.74) is 1.15. The molecule has 2 aromatic carbocycles. The zero-order chi connectivity index (χ0) is 14.0. The number of benzene rings is 2. The topological polar surface area (TPSA) is 72.7 Å². The van der Waals surface area contributed by atoms with E-state index in [0.29, 0.717) is 16.3 Å². The Balaban J connectivity index is 2.19. The highest BCUT2D eigenvalue weighted by Gasteiger charge is 2.11. The predicted octanol–water partition coefficient (Wildman–Crippen LogP) is 3.83. The highest BCUT2D eigenvalue weighted by Crippen LogP contribution is 2.37. The lowest BCUT2D eigenvalue weighted by Gasteiger charge is -2.11. The Bertz CT molecular complexity index is 619. The molecule has 0 aliphatic heterocycles. The molecule has 0 amide bonds. The molecule has 0 heterocycles. The third kappa shape index (κ3) is 3.05. The quantitative estimate of drug-likeness (QED) is 0.639. The van der Waals surface area contributed by atoms with E-state index in [1.807, 2.05) is 6.07 Å². The molecule has 0 atom stereocenters. The third-order valence-electron chi connectivity index (χ3n) is 2.61. The summed E-state index contributed by atoms with van der Waals surface area (Å²) < 4.78 is 0.872. The van der Waals surface area contributed by atoms with Crippen molar-refractivity contribution in [3.8, 4) is 17.2 Å². The van der Waals surface area contributed by atoms with Crippen molar-refractivity contribution in [2.45, 2.75) is 6.54 Å². The number of phenolic OH excluding ortho intramolecular Hbond substituents is 3. The van der Waals surface area contributed by atoms with Crippen molar-refractivity contribution in [3.63, 3.8) is 0 Å². The molecule has 0 unspecified atom stereocenters. The van der Waals surface area contributed by atoms with Gasteiger partial charge in [-0.05, 0) is 30.3 Å². The zero-order valence-electron chi connectivity index (χ0n) is 9.69. The molecule has 4 nitrogen and oxygen atoms in total. The first kappa shape index (κ1) is 13.8. The Morgan fingerprint density at radius 3 is 2.53 bits per heavy atom. The average molecular weight is 345 g/mol. The minimum absolute atomic E-state index is 0.260. The van der Waals surface area contributed by atoms with Crippen LogP contribution in [0.5, 0.6) is 17.2 Å². The van der Waals surface area contributed by atoms with Crippen molar-refractivity contribution >= 4 is 33.2 Å². The van der Waals surface area contributed by atoms with Crippen molar-refractivity contribution in [1.82, 2.24) is 0 Å². The van der Waals surface area contributed by atoms with Gasteiger partial charge in [0, 0.05) is 16.6 Å². The van der Waals surface area contributed by atoms with E-state index in [1.165, 1.54) is 12.1 Å². The van der Waals surface area contributed by atoms with E-state index in [2.05, 4.69) is 21.2 Å². The highest BCUT2D eigenvalue weighted by molar-refractivity contribution is 9.10. The van der Waals surface area contributed by atoms with E-state index < -0.39 is 5.75 Å². The summed E-state index contributed by atoms with van der Waals surface area (Å²) in [6.07, 6.45) is 0. The van der Waals surface area contributed by atoms with Crippen molar-refractivity contribution in [3.05, 3.63) is 45.4 Å².